The summed E-state index contributed by atoms with van der Waals surface area (Å²) in [6, 6.07) is 6.96. The first kappa shape index (κ1) is 18.2. The zero-order valence-electron chi connectivity index (χ0n) is 13.7. The molecule has 0 amide bonds. The summed E-state index contributed by atoms with van der Waals surface area (Å²) in [7, 11) is 0. The molecule has 0 aliphatic carbocycles. The summed E-state index contributed by atoms with van der Waals surface area (Å²) in [6.07, 6.45) is -2.23. The van der Waals surface area contributed by atoms with Gasteiger partial charge in [-0.05, 0) is 25.1 Å². The van der Waals surface area contributed by atoms with Crippen LogP contribution in [0, 0.1) is 0 Å². The van der Waals surface area contributed by atoms with Gasteiger partial charge in [-0.3, -0.25) is 0 Å². The van der Waals surface area contributed by atoms with E-state index < -0.39 is 23.9 Å². The third-order valence-electron chi connectivity index (χ3n) is 3.73. The molecule has 0 fully saturated rings. The number of nitrogens with zero attached hydrogens (tertiary/aromatic N) is 3. The van der Waals surface area contributed by atoms with Crippen molar-refractivity contribution < 1.29 is 28.1 Å². The molecule has 2 heterocycles. The number of aliphatic hydroxyl groups is 2. The van der Waals surface area contributed by atoms with Crippen LogP contribution in [0.15, 0.2) is 42.9 Å². The number of rotatable bonds is 5. The smallest absolute Gasteiger partial charge is 0.417 e. The first-order valence-electron chi connectivity index (χ1n) is 7.67. The largest absolute Gasteiger partial charge is 0.439 e. The molecule has 3 aromatic rings. The Bertz CT molecular complexity index is 905. The highest BCUT2D eigenvalue weighted by molar-refractivity contribution is 5.77. The van der Waals surface area contributed by atoms with Crippen molar-refractivity contribution in [3.63, 3.8) is 0 Å². The molecule has 0 bridgehead atoms. The van der Waals surface area contributed by atoms with Crippen molar-refractivity contribution in [2.24, 2.45) is 0 Å². The van der Waals surface area contributed by atoms with Crippen molar-refractivity contribution in [2.75, 3.05) is 6.61 Å². The van der Waals surface area contributed by atoms with Gasteiger partial charge in [0.25, 0.3) is 0 Å². The van der Waals surface area contributed by atoms with Gasteiger partial charge in [0, 0.05) is 18.3 Å². The fourth-order valence-electron chi connectivity index (χ4n) is 2.37. The number of alkyl halides is 3. The zero-order valence-corrected chi connectivity index (χ0v) is 13.7. The van der Waals surface area contributed by atoms with Crippen LogP contribution in [0.2, 0.25) is 0 Å². The summed E-state index contributed by atoms with van der Waals surface area (Å²) in [4.78, 5) is 7.86. The minimum absolute atomic E-state index is 0.0192. The number of benzene rings is 1. The van der Waals surface area contributed by atoms with Crippen LogP contribution in [-0.2, 0) is 12.7 Å². The second-order valence-corrected chi connectivity index (χ2v) is 6.16. The lowest BCUT2D eigenvalue weighted by Crippen LogP contribution is -2.34. The van der Waals surface area contributed by atoms with E-state index in [4.69, 9.17) is 4.74 Å². The highest BCUT2D eigenvalue weighted by Gasteiger charge is 2.30. The van der Waals surface area contributed by atoms with Gasteiger partial charge in [-0.1, -0.05) is 0 Å². The van der Waals surface area contributed by atoms with Gasteiger partial charge in [0.2, 0.25) is 5.88 Å². The highest BCUT2D eigenvalue weighted by atomic mass is 19.4. The van der Waals surface area contributed by atoms with Gasteiger partial charge in [-0.15, -0.1) is 0 Å². The van der Waals surface area contributed by atoms with Crippen molar-refractivity contribution in [3.8, 4) is 11.6 Å². The monoisotopic (exact) mass is 367 g/mol. The maximum Gasteiger partial charge on any atom is 0.417 e. The van der Waals surface area contributed by atoms with E-state index in [1.165, 1.54) is 13.3 Å². The number of imidazole rings is 1. The van der Waals surface area contributed by atoms with E-state index in [2.05, 4.69) is 9.97 Å². The second-order valence-electron chi connectivity index (χ2n) is 6.16. The van der Waals surface area contributed by atoms with Gasteiger partial charge in [0.1, 0.15) is 11.4 Å². The highest BCUT2D eigenvalue weighted by Crippen LogP contribution is 2.30. The van der Waals surface area contributed by atoms with Gasteiger partial charge in [-0.2, -0.15) is 13.2 Å². The fourth-order valence-corrected chi connectivity index (χ4v) is 2.37. The third-order valence-corrected chi connectivity index (χ3v) is 3.73. The lowest BCUT2D eigenvalue weighted by Gasteiger charge is -2.21. The molecule has 138 valence electrons. The molecule has 0 saturated carbocycles. The van der Waals surface area contributed by atoms with E-state index in [1.807, 2.05) is 0 Å². The first-order valence-corrected chi connectivity index (χ1v) is 7.67. The van der Waals surface area contributed by atoms with Crippen LogP contribution in [0.1, 0.15) is 12.5 Å². The van der Waals surface area contributed by atoms with Crippen LogP contribution < -0.4 is 4.74 Å². The molecule has 9 heteroatoms. The summed E-state index contributed by atoms with van der Waals surface area (Å²) in [5, 5.41) is 19.2. The Hall–Kier alpha value is -2.65. The molecule has 0 radical (unpaired) electrons. The predicted molar refractivity (Wildman–Crippen MR) is 86.8 cm³/mol. The lowest BCUT2D eigenvalue weighted by atomic mass is 10.1. The quantitative estimate of drug-likeness (QED) is 0.725. The summed E-state index contributed by atoms with van der Waals surface area (Å²) >= 11 is 0. The molecule has 0 aliphatic rings. The Balaban J connectivity index is 1.84. The van der Waals surface area contributed by atoms with E-state index in [0.29, 0.717) is 23.0 Å². The summed E-state index contributed by atoms with van der Waals surface area (Å²) in [5.74, 6) is 0.376. The molecule has 0 saturated heterocycles. The molecule has 1 atom stereocenters. The van der Waals surface area contributed by atoms with E-state index in [9.17, 15) is 23.4 Å². The second kappa shape index (κ2) is 6.58. The minimum Gasteiger partial charge on any atom is -0.439 e. The van der Waals surface area contributed by atoms with E-state index in [0.717, 1.165) is 12.1 Å². The maximum absolute atomic E-state index is 12.6. The molecule has 6 nitrogen and oxygen atoms in total. The standard InChI is InChI=1S/C17H16F3N3O3/c1-16(25,9-24)8-23-10-22-13-4-3-12(6-14(13)23)26-15-5-2-11(7-21-15)17(18,19)20/h2-7,10,24-25H,8-9H2,1H3. The van der Waals surface area contributed by atoms with Gasteiger partial charge in [-0.25, -0.2) is 9.97 Å². The van der Waals surface area contributed by atoms with Crippen LogP contribution >= 0.6 is 0 Å². The number of hydrogen-bond donors (Lipinski definition) is 2. The van der Waals surface area contributed by atoms with Crippen molar-refractivity contribution in [3.05, 3.63) is 48.4 Å². The fraction of sp³-hybridized carbons (Fsp3) is 0.294. The predicted octanol–water partition coefficient (Wildman–Crippen LogP) is 2.99. The third kappa shape index (κ3) is 3.94. The van der Waals surface area contributed by atoms with Crippen LogP contribution in [-0.4, -0.2) is 37.0 Å². The average Bonchev–Trinajstić information content (AvgIpc) is 2.96. The molecule has 1 unspecified atom stereocenters. The summed E-state index contributed by atoms with van der Waals surface area (Å²) in [6.45, 7) is 1.19. The van der Waals surface area contributed by atoms with Gasteiger partial charge in [0.15, 0.2) is 0 Å². The first-order chi connectivity index (χ1) is 12.2. The normalized spacial score (nSPS) is 14.4. The number of aliphatic hydroxyl groups excluding tert-OH is 1. The van der Waals surface area contributed by atoms with Crippen molar-refractivity contribution in [1.29, 1.82) is 0 Å². The van der Waals surface area contributed by atoms with Crippen molar-refractivity contribution >= 4 is 11.0 Å². The Labute approximate surface area is 146 Å². The zero-order chi connectivity index (χ0) is 18.9. The number of pyridine rings is 1. The van der Waals surface area contributed by atoms with Crippen LogP contribution in [0.5, 0.6) is 11.6 Å². The Morgan fingerprint density at radius 3 is 2.54 bits per heavy atom. The van der Waals surface area contributed by atoms with Crippen LogP contribution in [0.25, 0.3) is 11.0 Å². The van der Waals surface area contributed by atoms with Crippen molar-refractivity contribution in [1.82, 2.24) is 14.5 Å². The minimum atomic E-state index is -4.46. The molecule has 1 aromatic carbocycles. The molecule has 0 spiro atoms. The van der Waals surface area contributed by atoms with Crippen LogP contribution in [0.3, 0.4) is 0 Å². The number of hydrogen-bond acceptors (Lipinski definition) is 5. The number of fused-ring (bicyclic) bond motifs is 1. The molecular formula is C17H16F3N3O3. The van der Waals surface area contributed by atoms with Gasteiger partial charge in [0.05, 0.1) is 36.1 Å². The SMILES string of the molecule is CC(O)(CO)Cn1cnc2ccc(Oc3ccc(C(F)(F)F)cn3)cc21. The molecular weight excluding hydrogens is 351 g/mol. The topological polar surface area (TPSA) is 80.4 Å². The maximum atomic E-state index is 12.6. The molecule has 2 aromatic heterocycles. The van der Waals surface area contributed by atoms with Crippen LogP contribution in [0.4, 0.5) is 13.2 Å². The number of ether oxygens (including phenoxy) is 1. The number of aromatic nitrogens is 3. The Kier molecular flexibility index (Phi) is 4.59. The van der Waals surface area contributed by atoms with Gasteiger partial charge < -0.3 is 19.5 Å². The molecule has 26 heavy (non-hydrogen) atoms. The lowest BCUT2D eigenvalue weighted by molar-refractivity contribution is -0.137. The van der Waals surface area contributed by atoms with Crippen molar-refractivity contribution in [2.45, 2.75) is 25.2 Å². The number of halogens is 3. The molecule has 0 aliphatic heterocycles. The van der Waals surface area contributed by atoms with Gasteiger partial charge >= 0.3 is 6.18 Å². The van der Waals surface area contributed by atoms with E-state index >= 15 is 0 Å². The summed E-state index contributed by atoms with van der Waals surface area (Å²) in [5.41, 5.74) is -0.890. The summed E-state index contributed by atoms with van der Waals surface area (Å²) < 4.78 is 44.9. The van der Waals surface area contributed by atoms with E-state index in [1.54, 1.807) is 22.8 Å². The van der Waals surface area contributed by atoms with E-state index in [-0.39, 0.29) is 12.4 Å². The molecule has 2 N–H and O–H groups in total. The molecule has 3 rings (SSSR count). The average molecular weight is 367 g/mol. The Morgan fingerprint density at radius 1 is 1.15 bits per heavy atom. The Morgan fingerprint density at radius 2 is 1.92 bits per heavy atom.